The van der Waals surface area contributed by atoms with Crippen molar-refractivity contribution in [1.29, 1.82) is 0 Å². The van der Waals surface area contributed by atoms with Gasteiger partial charge >= 0.3 is 0 Å². The monoisotopic (exact) mass is 290 g/mol. The molecule has 1 aromatic rings. The van der Waals surface area contributed by atoms with Gasteiger partial charge in [-0.3, -0.25) is 0 Å². The number of ether oxygens (including phenoxy) is 1. The average Bonchev–Trinajstić information content (AvgIpc) is 2.52. The summed E-state index contributed by atoms with van der Waals surface area (Å²) in [6.07, 6.45) is 7.91. The zero-order chi connectivity index (χ0) is 15.0. The minimum atomic E-state index is -0.601. The van der Waals surface area contributed by atoms with Gasteiger partial charge in [-0.25, -0.2) is 4.39 Å². The molecule has 1 atom stereocenters. The number of hydrogen-bond acceptors (Lipinski definition) is 3. The molecule has 4 heteroatoms. The number of phenolic OH excluding ortho intramolecular Hbond substituents is 1. The van der Waals surface area contributed by atoms with E-state index in [0.717, 1.165) is 37.5 Å². The van der Waals surface area contributed by atoms with Crippen molar-refractivity contribution in [1.82, 2.24) is 0 Å². The van der Waals surface area contributed by atoms with Gasteiger partial charge in [-0.15, -0.1) is 0 Å². The van der Waals surface area contributed by atoms with Crippen molar-refractivity contribution in [3.63, 3.8) is 0 Å². The number of rotatable bonds is 2. The molecule has 0 bridgehead atoms. The Morgan fingerprint density at radius 1 is 1.33 bits per heavy atom. The maximum atomic E-state index is 14.5. The lowest BCUT2D eigenvalue weighted by molar-refractivity contribution is -0.108. The first-order chi connectivity index (χ1) is 10.1. The standard InChI is InChI=1S/C17H19FO3/c1-10-14(20)7-15-16(17(10)18)12(8-19)13(9-21-15)11-5-3-2-4-6-11/h7-9,11-12,20H,2-6H2,1H3. The molecule has 1 aliphatic carbocycles. The maximum absolute atomic E-state index is 14.5. The van der Waals surface area contributed by atoms with E-state index in [-0.39, 0.29) is 28.5 Å². The normalized spacial score (nSPS) is 22.2. The summed E-state index contributed by atoms with van der Waals surface area (Å²) in [5, 5.41) is 9.70. The Bertz CT molecular complexity index is 601. The molecular formula is C17H19FO3. The second-order valence-electron chi connectivity index (χ2n) is 5.93. The highest BCUT2D eigenvalue weighted by Crippen LogP contribution is 2.45. The fourth-order valence-corrected chi connectivity index (χ4v) is 3.42. The first-order valence-corrected chi connectivity index (χ1v) is 7.47. The molecule has 3 rings (SSSR count). The molecule has 1 heterocycles. The van der Waals surface area contributed by atoms with Crippen LogP contribution in [0.1, 0.15) is 49.1 Å². The second kappa shape index (κ2) is 5.51. The maximum Gasteiger partial charge on any atom is 0.137 e. The number of fused-ring (bicyclic) bond motifs is 1. The molecule has 0 spiro atoms. The van der Waals surface area contributed by atoms with E-state index in [2.05, 4.69) is 0 Å². The third-order valence-electron chi connectivity index (χ3n) is 4.69. The molecule has 0 radical (unpaired) electrons. The van der Waals surface area contributed by atoms with Gasteiger partial charge in [-0.05, 0) is 31.3 Å². The Morgan fingerprint density at radius 2 is 2.05 bits per heavy atom. The van der Waals surface area contributed by atoms with Crippen LogP contribution in [0, 0.1) is 18.7 Å². The molecule has 0 saturated heterocycles. The van der Waals surface area contributed by atoms with Gasteiger partial charge in [0.15, 0.2) is 0 Å². The molecular weight excluding hydrogens is 271 g/mol. The number of halogens is 1. The quantitative estimate of drug-likeness (QED) is 0.838. The van der Waals surface area contributed by atoms with Crippen molar-refractivity contribution >= 4 is 6.29 Å². The van der Waals surface area contributed by atoms with Crippen LogP contribution < -0.4 is 4.74 Å². The molecule has 0 aromatic heterocycles. The summed E-state index contributed by atoms with van der Waals surface area (Å²) in [5.74, 6) is -0.757. The van der Waals surface area contributed by atoms with Crippen LogP contribution in [-0.4, -0.2) is 11.4 Å². The number of carbonyl (C=O) groups is 1. The molecule has 1 saturated carbocycles. The van der Waals surface area contributed by atoms with Crippen LogP contribution in [0.3, 0.4) is 0 Å². The fourth-order valence-electron chi connectivity index (χ4n) is 3.42. The molecule has 1 aliphatic heterocycles. The Kier molecular flexibility index (Phi) is 3.70. The number of allylic oxidation sites excluding steroid dienone is 1. The van der Waals surface area contributed by atoms with Crippen LogP contribution in [-0.2, 0) is 4.79 Å². The molecule has 1 fully saturated rings. The smallest absolute Gasteiger partial charge is 0.137 e. The van der Waals surface area contributed by atoms with Gasteiger partial charge in [0.05, 0.1) is 12.2 Å². The van der Waals surface area contributed by atoms with Gasteiger partial charge in [0.25, 0.3) is 0 Å². The van der Waals surface area contributed by atoms with Gasteiger partial charge < -0.3 is 14.6 Å². The van der Waals surface area contributed by atoms with Crippen LogP contribution in [0.2, 0.25) is 0 Å². The summed E-state index contributed by atoms with van der Waals surface area (Å²) in [6.45, 7) is 1.51. The van der Waals surface area contributed by atoms with Crippen LogP contribution >= 0.6 is 0 Å². The van der Waals surface area contributed by atoms with E-state index in [0.29, 0.717) is 0 Å². The lowest BCUT2D eigenvalue weighted by atomic mass is 9.76. The van der Waals surface area contributed by atoms with Gasteiger partial charge in [-0.2, -0.15) is 0 Å². The van der Waals surface area contributed by atoms with Crippen LogP contribution in [0.15, 0.2) is 17.9 Å². The molecule has 112 valence electrons. The SMILES string of the molecule is Cc1c(O)cc2c(c1F)C(C=O)C(C1CCCCC1)=CO2. The van der Waals surface area contributed by atoms with E-state index >= 15 is 0 Å². The predicted molar refractivity (Wildman–Crippen MR) is 76.9 cm³/mol. The van der Waals surface area contributed by atoms with Crippen molar-refractivity contribution in [2.24, 2.45) is 5.92 Å². The number of carbonyl (C=O) groups excluding carboxylic acids is 1. The first kappa shape index (κ1) is 14.1. The zero-order valence-electron chi connectivity index (χ0n) is 12.1. The Balaban J connectivity index is 2.03. The van der Waals surface area contributed by atoms with E-state index in [1.165, 1.54) is 19.4 Å². The van der Waals surface area contributed by atoms with Crippen molar-refractivity contribution in [3.05, 3.63) is 34.8 Å². The number of benzene rings is 1. The van der Waals surface area contributed by atoms with E-state index in [1.54, 1.807) is 6.26 Å². The summed E-state index contributed by atoms with van der Waals surface area (Å²) in [4.78, 5) is 11.6. The molecule has 21 heavy (non-hydrogen) atoms. The lowest BCUT2D eigenvalue weighted by Gasteiger charge is -2.31. The van der Waals surface area contributed by atoms with Gasteiger partial charge in [0.1, 0.15) is 23.6 Å². The van der Waals surface area contributed by atoms with E-state index in [9.17, 15) is 14.3 Å². The van der Waals surface area contributed by atoms with Crippen LogP contribution in [0.25, 0.3) is 0 Å². The Hall–Kier alpha value is -1.84. The molecule has 0 amide bonds. The van der Waals surface area contributed by atoms with Crippen molar-refractivity contribution in [2.45, 2.75) is 44.9 Å². The zero-order valence-corrected chi connectivity index (χ0v) is 12.1. The third-order valence-corrected chi connectivity index (χ3v) is 4.69. The van der Waals surface area contributed by atoms with Gasteiger partial charge in [-0.1, -0.05) is 19.3 Å². The summed E-state index contributed by atoms with van der Waals surface area (Å²) < 4.78 is 20.0. The van der Waals surface area contributed by atoms with Crippen LogP contribution in [0.5, 0.6) is 11.5 Å². The molecule has 1 unspecified atom stereocenters. The highest BCUT2D eigenvalue weighted by Gasteiger charge is 2.34. The molecule has 2 aliphatic rings. The second-order valence-corrected chi connectivity index (χ2v) is 5.93. The molecule has 3 nitrogen and oxygen atoms in total. The van der Waals surface area contributed by atoms with Gasteiger partial charge in [0, 0.05) is 17.2 Å². The molecule has 1 aromatic carbocycles. The summed E-state index contributed by atoms with van der Waals surface area (Å²) >= 11 is 0. The van der Waals surface area contributed by atoms with E-state index < -0.39 is 11.7 Å². The van der Waals surface area contributed by atoms with E-state index in [1.807, 2.05) is 0 Å². The average molecular weight is 290 g/mol. The van der Waals surface area contributed by atoms with Crippen molar-refractivity contribution in [3.8, 4) is 11.5 Å². The number of phenols is 1. The number of aromatic hydroxyl groups is 1. The largest absolute Gasteiger partial charge is 0.507 e. The Labute approximate surface area is 123 Å². The minimum Gasteiger partial charge on any atom is -0.507 e. The highest BCUT2D eigenvalue weighted by molar-refractivity contribution is 5.72. The topological polar surface area (TPSA) is 46.5 Å². The summed E-state index contributed by atoms with van der Waals surface area (Å²) in [7, 11) is 0. The van der Waals surface area contributed by atoms with Crippen molar-refractivity contribution < 1.29 is 19.0 Å². The number of hydrogen-bond donors (Lipinski definition) is 1. The van der Waals surface area contributed by atoms with E-state index in [4.69, 9.17) is 4.74 Å². The number of aldehydes is 1. The van der Waals surface area contributed by atoms with Crippen molar-refractivity contribution in [2.75, 3.05) is 0 Å². The van der Waals surface area contributed by atoms with Gasteiger partial charge in [0.2, 0.25) is 0 Å². The highest BCUT2D eigenvalue weighted by atomic mass is 19.1. The summed E-state index contributed by atoms with van der Waals surface area (Å²) in [5.41, 5.74) is 1.30. The van der Waals surface area contributed by atoms with Crippen LogP contribution in [0.4, 0.5) is 4.39 Å². The lowest BCUT2D eigenvalue weighted by Crippen LogP contribution is -2.21. The Morgan fingerprint density at radius 3 is 2.71 bits per heavy atom. The first-order valence-electron chi connectivity index (χ1n) is 7.47. The third kappa shape index (κ3) is 2.33. The predicted octanol–water partition coefficient (Wildman–Crippen LogP) is 3.98. The fraction of sp³-hybridized carbons (Fsp3) is 0.471. The minimum absolute atomic E-state index is 0.148. The molecule has 1 N–H and O–H groups in total. The summed E-state index contributed by atoms with van der Waals surface area (Å²) in [6, 6.07) is 1.39.